The normalized spacial score (nSPS) is 26.0. The number of carbonyl (C=O) groups is 1. The van der Waals surface area contributed by atoms with E-state index in [0.29, 0.717) is 6.42 Å². The summed E-state index contributed by atoms with van der Waals surface area (Å²) in [6, 6.07) is 6.66. The molecule has 2 fully saturated rings. The molecule has 1 amide bonds. The largest absolute Gasteiger partial charge is 0.444 e. The second kappa shape index (κ2) is 6.43. The lowest BCUT2D eigenvalue weighted by atomic mass is 9.87. The van der Waals surface area contributed by atoms with E-state index in [1.807, 2.05) is 12.1 Å². The lowest BCUT2D eigenvalue weighted by molar-refractivity contribution is 0.00166. The van der Waals surface area contributed by atoms with Gasteiger partial charge in [0.25, 0.3) is 0 Å². The van der Waals surface area contributed by atoms with Crippen molar-refractivity contribution in [2.24, 2.45) is 5.73 Å². The predicted octanol–water partition coefficient (Wildman–Crippen LogP) is 2.65. The van der Waals surface area contributed by atoms with Crippen LogP contribution in [0.5, 0.6) is 0 Å². The average molecular weight is 410 g/mol. The highest BCUT2D eigenvalue weighted by Crippen LogP contribution is 2.40. The molecule has 0 saturated carbocycles. The molecule has 2 atom stereocenters. The lowest BCUT2D eigenvalue weighted by Gasteiger charge is -2.39. The third kappa shape index (κ3) is 3.77. The first kappa shape index (κ1) is 21.1. The van der Waals surface area contributed by atoms with E-state index in [1.165, 1.54) is 9.21 Å². The van der Waals surface area contributed by atoms with Gasteiger partial charge in [0.2, 0.25) is 10.0 Å². The first-order valence-electron chi connectivity index (χ1n) is 9.55. The Bertz CT molecular complexity index is 868. The Morgan fingerprint density at radius 1 is 1.14 bits per heavy atom. The highest BCUT2D eigenvalue weighted by atomic mass is 32.2. The summed E-state index contributed by atoms with van der Waals surface area (Å²) in [6.07, 6.45) is -0.0879. The van der Waals surface area contributed by atoms with Crippen molar-refractivity contribution in [1.82, 2.24) is 9.21 Å². The minimum Gasteiger partial charge on any atom is -0.444 e. The van der Waals surface area contributed by atoms with Crippen molar-refractivity contribution in [3.8, 4) is 0 Å². The molecule has 8 heteroatoms. The van der Waals surface area contributed by atoms with Gasteiger partial charge in [-0.05, 0) is 43.9 Å². The molecular formula is C20H31N3O4S. The van der Waals surface area contributed by atoms with E-state index in [2.05, 4.69) is 20.8 Å². The number of benzene rings is 1. The number of carbonyl (C=O) groups excluding carboxylic acids is 1. The Balaban J connectivity index is 1.79. The number of amides is 1. The van der Waals surface area contributed by atoms with Gasteiger partial charge in [-0.25, -0.2) is 13.2 Å². The first-order valence-corrected chi connectivity index (χ1v) is 11.0. The van der Waals surface area contributed by atoms with Crippen molar-refractivity contribution in [2.75, 3.05) is 13.1 Å². The summed E-state index contributed by atoms with van der Waals surface area (Å²) < 4.78 is 33.2. The van der Waals surface area contributed by atoms with Crippen LogP contribution < -0.4 is 5.73 Å². The van der Waals surface area contributed by atoms with Crippen molar-refractivity contribution in [1.29, 1.82) is 0 Å². The second-order valence-corrected chi connectivity index (χ2v) is 11.8. The molecule has 0 spiro atoms. The number of hydrogen-bond donors (Lipinski definition) is 1. The summed E-state index contributed by atoms with van der Waals surface area (Å²) in [4.78, 5) is 14.2. The molecule has 156 valence electrons. The summed E-state index contributed by atoms with van der Waals surface area (Å²) in [5.41, 5.74) is 5.78. The van der Waals surface area contributed by atoms with Crippen molar-refractivity contribution in [3.05, 3.63) is 29.8 Å². The molecule has 3 rings (SSSR count). The number of rotatable bonds is 2. The summed E-state index contributed by atoms with van der Waals surface area (Å²) in [5.74, 6) is 0. The van der Waals surface area contributed by atoms with Crippen molar-refractivity contribution >= 4 is 16.1 Å². The predicted molar refractivity (Wildman–Crippen MR) is 107 cm³/mol. The van der Waals surface area contributed by atoms with Gasteiger partial charge in [-0.1, -0.05) is 32.9 Å². The van der Waals surface area contributed by atoms with E-state index in [-0.39, 0.29) is 29.4 Å². The molecule has 0 aliphatic carbocycles. The number of nitrogens with two attached hydrogens (primary N) is 1. The minimum absolute atomic E-state index is 0.0514. The number of ether oxygens (including phenoxy) is 1. The van der Waals surface area contributed by atoms with E-state index in [9.17, 15) is 13.2 Å². The van der Waals surface area contributed by atoms with Gasteiger partial charge in [0.15, 0.2) is 0 Å². The molecule has 2 heterocycles. The molecule has 2 N–H and O–H groups in total. The van der Waals surface area contributed by atoms with Crippen LogP contribution >= 0.6 is 0 Å². The Morgan fingerprint density at radius 2 is 1.71 bits per heavy atom. The molecule has 0 radical (unpaired) electrons. The molecule has 1 aromatic carbocycles. The van der Waals surface area contributed by atoms with Gasteiger partial charge in [-0.2, -0.15) is 4.31 Å². The molecule has 2 aliphatic rings. The molecule has 2 aliphatic heterocycles. The topological polar surface area (TPSA) is 92.9 Å². The Morgan fingerprint density at radius 3 is 2.14 bits per heavy atom. The van der Waals surface area contributed by atoms with Gasteiger partial charge >= 0.3 is 6.09 Å². The number of likely N-dealkylation sites (tertiary alicyclic amines) is 1. The smallest absolute Gasteiger partial charge is 0.411 e. The molecule has 7 nitrogen and oxygen atoms in total. The number of fused-ring (bicyclic) bond motifs is 2. The highest BCUT2D eigenvalue weighted by molar-refractivity contribution is 7.89. The molecular weight excluding hydrogens is 378 g/mol. The van der Waals surface area contributed by atoms with E-state index >= 15 is 0 Å². The number of nitrogens with zero attached hydrogens (tertiary/aromatic N) is 2. The van der Waals surface area contributed by atoms with Gasteiger partial charge in [-0.3, -0.25) is 4.90 Å². The average Bonchev–Trinajstić information content (AvgIpc) is 3.05. The van der Waals surface area contributed by atoms with Gasteiger partial charge in [0.1, 0.15) is 11.3 Å². The Hall–Kier alpha value is -1.64. The van der Waals surface area contributed by atoms with Crippen molar-refractivity contribution < 1.29 is 17.9 Å². The van der Waals surface area contributed by atoms with E-state index < -0.39 is 27.4 Å². The lowest BCUT2D eigenvalue weighted by Crippen LogP contribution is -2.62. The van der Waals surface area contributed by atoms with Crippen molar-refractivity contribution in [3.63, 3.8) is 0 Å². The zero-order chi connectivity index (χ0) is 21.1. The first-order chi connectivity index (χ1) is 12.6. The molecule has 0 aromatic heterocycles. The summed E-state index contributed by atoms with van der Waals surface area (Å²) in [7, 11) is -3.68. The number of hydrogen-bond acceptors (Lipinski definition) is 5. The van der Waals surface area contributed by atoms with E-state index in [0.717, 1.165) is 5.56 Å². The maximum absolute atomic E-state index is 13.2. The zero-order valence-corrected chi connectivity index (χ0v) is 18.3. The summed E-state index contributed by atoms with van der Waals surface area (Å²) in [5, 5.41) is 0. The maximum atomic E-state index is 13.2. The monoisotopic (exact) mass is 409 g/mol. The van der Waals surface area contributed by atoms with Gasteiger partial charge in [0.05, 0.1) is 11.4 Å². The minimum atomic E-state index is -3.68. The van der Waals surface area contributed by atoms with E-state index in [4.69, 9.17) is 10.5 Å². The fourth-order valence-electron chi connectivity index (χ4n) is 3.83. The molecule has 2 bridgehead atoms. The molecule has 1 aromatic rings. The van der Waals surface area contributed by atoms with Crippen LogP contribution in [0.2, 0.25) is 0 Å². The fourth-order valence-corrected chi connectivity index (χ4v) is 5.51. The zero-order valence-electron chi connectivity index (χ0n) is 17.5. The number of sulfonamides is 1. The number of piperazine rings is 1. The van der Waals surface area contributed by atoms with Crippen LogP contribution in [0.4, 0.5) is 4.79 Å². The Kier molecular flexibility index (Phi) is 4.84. The third-order valence-electron chi connectivity index (χ3n) is 5.30. The van der Waals surface area contributed by atoms with Gasteiger partial charge in [-0.15, -0.1) is 0 Å². The Labute approximate surface area is 167 Å². The molecule has 28 heavy (non-hydrogen) atoms. The van der Waals surface area contributed by atoms with Crippen LogP contribution in [0.15, 0.2) is 29.2 Å². The van der Waals surface area contributed by atoms with Crippen LogP contribution in [0.1, 0.15) is 53.5 Å². The van der Waals surface area contributed by atoms with Gasteiger partial charge < -0.3 is 10.5 Å². The standard InChI is InChI=1S/C20H31N3O4S/c1-18(2,3)14-7-9-16(10-8-14)28(25,26)23-13-20(21)11-15(23)12-22(20)17(24)27-19(4,5)6/h7-10,15H,11-13,21H2,1-6H3/t15-,20-/m0/s1. The highest BCUT2D eigenvalue weighted by Gasteiger charge is 2.58. The third-order valence-corrected chi connectivity index (χ3v) is 7.21. The van der Waals surface area contributed by atoms with Crippen molar-refractivity contribution in [2.45, 2.75) is 75.6 Å². The summed E-state index contributed by atoms with van der Waals surface area (Å²) in [6.45, 7) is 11.9. The molecule has 0 unspecified atom stereocenters. The quantitative estimate of drug-likeness (QED) is 0.811. The fraction of sp³-hybridized carbons (Fsp3) is 0.650. The maximum Gasteiger partial charge on any atom is 0.411 e. The van der Waals surface area contributed by atoms with E-state index in [1.54, 1.807) is 32.9 Å². The molecule has 2 saturated heterocycles. The van der Waals surface area contributed by atoms with Gasteiger partial charge in [0, 0.05) is 19.0 Å². The van der Waals surface area contributed by atoms with Crippen LogP contribution in [0.3, 0.4) is 0 Å². The van der Waals surface area contributed by atoms with Crippen LogP contribution in [-0.4, -0.2) is 54.1 Å². The van der Waals surface area contributed by atoms with Crippen LogP contribution in [-0.2, 0) is 20.2 Å². The van der Waals surface area contributed by atoms with Crippen LogP contribution in [0, 0.1) is 0 Å². The van der Waals surface area contributed by atoms with Crippen LogP contribution in [0.25, 0.3) is 0 Å². The summed E-state index contributed by atoms with van der Waals surface area (Å²) >= 11 is 0. The SMILES string of the molecule is CC(C)(C)OC(=O)N1C[C@@H]2C[C@@]1(N)CN2S(=O)(=O)c1ccc(C(C)(C)C)cc1. The second-order valence-electron chi connectivity index (χ2n) is 9.88.